The quantitative estimate of drug-likeness (QED) is 0.690. The van der Waals surface area contributed by atoms with E-state index in [1.165, 1.54) is 24.3 Å². The van der Waals surface area contributed by atoms with E-state index in [1.807, 2.05) is 0 Å². The number of hydrogen-bond acceptors (Lipinski definition) is 3. The van der Waals surface area contributed by atoms with Gasteiger partial charge in [-0.1, -0.05) is 24.3 Å². The maximum atomic E-state index is 13.3. The van der Waals surface area contributed by atoms with Crippen LogP contribution in [0.1, 0.15) is 30.9 Å². The first-order valence-electron chi connectivity index (χ1n) is 9.63. The molecule has 1 saturated heterocycles. The Labute approximate surface area is 178 Å². The molecule has 1 amide bonds. The van der Waals surface area contributed by atoms with Crippen LogP contribution in [0.3, 0.4) is 0 Å². The lowest BCUT2D eigenvalue weighted by Crippen LogP contribution is -2.51. The third-order valence-electron chi connectivity index (χ3n) is 5.36. The standard InChI is InChI=1S/C21H22F4N2O3S/c1-20(19(28)26-13-15-6-4-7-16(22)12-15)10-5-11-27(14-20)31(29,30)18-9-3-2-8-17(18)21(23,24)25/h2-4,6-9,12H,5,10-11,13-14H2,1H3,(H,26,28). The number of carbonyl (C=O) groups is 1. The molecule has 1 N–H and O–H groups in total. The van der Waals surface area contributed by atoms with Gasteiger partial charge in [-0.15, -0.1) is 0 Å². The van der Waals surface area contributed by atoms with E-state index in [4.69, 9.17) is 0 Å². The topological polar surface area (TPSA) is 66.5 Å². The van der Waals surface area contributed by atoms with Crippen molar-refractivity contribution in [1.82, 2.24) is 9.62 Å². The van der Waals surface area contributed by atoms with Crippen LogP contribution >= 0.6 is 0 Å². The minimum absolute atomic E-state index is 0.0152. The van der Waals surface area contributed by atoms with Crippen LogP contribution < -0.4 is 5.32 Å². The maximum absolute atomic E-state index is 13.3. The van der Waals surface area contributed by atoms with Crippen LogP contribution in [-0.4, -0.2) is 31.7 Å². The summed E-state index contributed by atoms with van der Waals surface area (Å²) in [5.41, 5.74) is -1.83. The Morgan fingerprint density at radius 1 is 1.16 bits per heavy atom. The third-order valence-corrected chi connectivity index (χ3v) is 7.27. The van der Waals surface area contributed by atoms with Crippen molar-refractivity contribution < 1.29 is 30.8 Å². The summed E-state index contributed by atoms with van der Waals surface area (Å²) in [5.74, 6) is -0.892. The van der Waals surface area contributed by atoms with Crippen molar-refractivity contribution in [3.8, 4) is 0 Å². The number of rotatable bonds is 5. The zero-order valence-electron chi connectivity index (χ0n) is 16.7. The fourth-order valence-electron chi connectivity index (χ4n) is 3.69. The number of halogens is 4. The van der Waals surface area contributed by atoms with Gasteiger partial charge in [0.1, 0.15) is 5.82 Å². The van der Waals surface area contributed by atoms with Crippen molar-refractivity contribution in [1.29, 1.82) is 0 Å². The van der Waals surface area contributed by atoms with Gasteiger partial charge in [0.05, 0.1) is 15.9 Å². The predicted octanol–water partition coefficient (Wildman–Crippen LogP) is 3.95. The van der Waals surface area contributed by atoms with Gasteiger partial charge in [0.15, 0.2) is 0 Å². The molecular formula is C21H22F4N2O3S. The first-order chi connectivity index (χ1) is 14.4. The number of benzene rings is 2. The fourth-order valence-corrected chi connectivity index (χ4v) is 5.51. The van der Waals surface area contributed by atoms with E-state index in [0.717, 1.165) is 22.5 Å². The normalized spacial score (nSPS) is 20.4. The molecule has 0 aliphatic carbocycles. The second-order valence-electron chi connectivity index (χ2n) is 7.81. The Balaban J connectivity index is 1.80. The molecule has 10 heteroatoms. The van der Waals surface area contributed by atoms with Gasteiger partial charge in [-0.25, -0.2) is 12.8 Å². The summed E-state index contributed by atoms with van der Waals surface area (Å²) in [7, 11) is -4.47. The van der Waals surface area contributed by atoms with Crippen molar-refractivity contribution in [3.05, 3.63) is 65.5 Å². The average molecular weight is 458 g/mol. The third kappa shape index (κ3) is 5.07. The largest absolute Gasteiger partial charge is 0.417 e. The van der Waals surface area contributed by atoms with Gasteiger partial charge >= 0.3 is 6.18 Å². The molecule has 31 heavy (non-hydrogen) atoms. The summed E-state index contributed by atoms with van der Waals surface area (Å²) in [6, 6.07) is 9.70. The minimum Gasteiger partial charge on any atom is -0.352 e. The molecule has 0 spiro atoms. The molecule has 0 bridgehead atoms. The summed E-state index contributed by atoms with van der Waals surface area (Å²) in [6.45, 7) is 1.39. The lowest BCUT2D eigenvalue weighted by atomic mass is 9.82. The lowest BCUT2D eigenvalue weighted by molar-refractivity contribution is -0.140. The summed E-state index contributed by atoms with van der Waals surface area (Å²) in [5, 5.41) is 2.68. The number of nitrogens with zero attached hydrogens (tertiary/aromatic N) is 1. The van der Waals surface area contributed by atoms with Gasteiger partial charge in [-0.3, -0.25) is 4.79 Å². The smallest absolute Gasteiger partial charge is 0.352 e. The minimum atomic E-state index is -4.83. The highest BCUT2D eigenvalue weighted by Crippen LogP contribution is 2.38. The Bertz CT molecular complexity index is 1070. The Kier molecular flexibility index (Phi) is 6.43. The van der Waals surface area contributed by atoms with Gasteiger partial charge < -0.3 is 5.32 Å². The first kappa shape index (κ1) is 23.2. The highest BCUT2D eigenvalue weighted by molar-refractivity contribution is 7.89. The molecule has 168 valence electrons. The summed E-state index contributed by atoms with van der Waals surface area (Å²) in [6.07, 6.45) is -4.14. The molecule has 1 aliphatic heterocycles. The van der Waals surface area contributed by atoms with Gasteiger partial charge in [0.25, 0.3) is 0 Å². The van der Waals surface area contributed by atoms with Crippen molar-refractivity contribution in [3.63, 3.8) is 0 Å². The van der Waals surface area contributed by atoms with E-state index >= 15 is 0 Å². The number of nitrogens with one attached hydrogen (secondary N) is 1. The van der Waals surface area contributed by atoms with Gasteiger partial charge in [-0.2, -0.15) is 17.5 Å². The molecule has 1 atom stereocenters. The van der Waals surface area contributed by atoms with Crippen molar-refractivity contribution in [2.45, 2.75) is 37.4 Å². The van der Waals surface area contributed by atoms with Crippen molar-refractivity contribution in [2.24, 2.45) is 5.41 Å². The Morgan fingerprint density at radius 2 is 1.87 bits per heavy atom. The van der Waals surface area contributed by atoms with E-state index in [0.29, 0.717) is 18.4 Å². The van der Waals surface area contributed by atoms with E-state index in [2.05, 4.69) is 5.32 Å². The summed E-state index contributed by atoms with van der Waals surface area (Å²) < 4.78 is 80.3. The van der Waals surface area contributed by atoms with Gasteiger partial charge in [0.2, 0.25) is 15.9 Å². The molecular weight excluding hydrogens is 436 g/mol. The Morgan fingerprint density at radius 3 is 2.55 bits per heavy atom. The monoisotopic (exact) mass is 458 g/mol. The molecule has 1 unspecified atom stereocenters. The molecule has 0 radical (unpaired) electrons. The molecule has 5 nitrogen and oxygen atoms in total. The van der Waals surface area contributed by atoms with Crippen LogP contribution in [0, 0.1) is 11.2 Å². The first-order valence-corrected chi connectivity index (χ1v) is 11.1. The predicted molar refractivity (Wildman–Crippen MR) is 106 cm³/mol. The maximum Gasteiger partial charge on any atom is 0.417 e. The molecule has 1 aliphatic rings. The molecule has 0 saturated carbocycles. The number of alkyl halides is 3. The van der Waals surface area contributed by atoms with Crippen LogP contribution in [0.2, 0.25) is 0 Å². The number of piperidine rings is 1. The number of sulfonamides is 1. The SMILES string of the molecule is CC1(C(=O)NCc2cccc(F)c2)CCCN(S(=O)(=O)c2ccccc2C(F)(F)F)C1. The zero-order valence-corrected chi connectivity index (χ0v) is 17.6. The van der Waals surface area contributed by atoms with Crippen LogP contribution in [-0.2, 0) is 27.5 Å². The molecule has 0 aromatic heterocycles. The summed E-state index contributed by atoms with van der Waals surface area (Å²) >= 11 is 0. The summed E-state index contributed by atoms with van der Waals surface area (Å²) in [4.78, 5) is 12.0. The van der Waals surface area contributed by atoms with Crippen LogP contribution in [0.5, 0.6) is 0 Å². The van der Waals surface area contributed by atoms with E-state index < -0.39 is 43.8 Å². The Hall–Kier alpha value is -2.46. The fraction of sp³-hybridized carbons (Fsp3) is 0.381. The van der Waals surface area contributed by atoms with Crippen LogP contribution in [0.4, 0.5) is 17.6 Å². The average Bonchev–Trinajstić information content (AvgIpc) is 2.71. The molecule has 1 heterocycles. The second kappa shape index (κ2) is 8.58. The van der Waals surface area contributed by atoms with Crippen molar-refractivity contribution in [2.75, 3.05) is 13.1 Å². The molecule has 3 rings (SSSR count). The zero-order chi connectivity index (χ0) is 22.9. The van der Waals surface area contributed by atoms with E-state index in [1.54, 1.807) is 13.0 Å². The number of hydrogen-bond donors (Lipinski definition) is 1. The van der Waals surface area contributed by atoms with Gasteiger partial charge in [-0.05, 0) is 49.6 Å². The second-order valence-corrected chi connectivity index (χ2v) is 9.72. The number of carbonyl (C=O) groups excluding carboxylic acids is 1. The van der Waals surface area contributed by atoms with E-state index in [9.17, 15) is 30.8 Å². The highest BCUT2D eigenvalue weighted by Gasteiger charge is 2.44. The number of amides is 1. The molecule has 2 aromatic rings. The van der Waals surface area contributed by atoms with Gasteiger partial charge in [0, 0.05) is 19.6 Å². The lowest BCUT2D eigenvalue weighted by Gasteiger charge is -2.38. The van der Waals surface area contributed by atoms with Crippen LogP contribution in [0.15, 0.2) is 53.4 Å². The highest BCUT2D eigenvalue weighted by atomic mass is 32.2. The van der Waals surface area contributed by atoms with Crippen molar-refractivity contribution >= 4 is 15.9 Å². The van der Waals surface area contributed by atoms with Crippen LogP contribution in [0.25, 0.3) is 0 Å². The molecule has 2 aromatic carbocycles. The van der Waals surface area contributed by atoms with E-state index in [-0.39, 0.29) is 19.6 Å². The molecule has 1 fully saturated rings.